The van der Waals surface area contributed by atoms with Gasteiger partial charge in [-0.3, -0.25) is 9.59 Å². The minimum absolute atomic E-state index is 0.0220. The maximum atomic E-state index is 12.5. The Balaban J connectivity index is 1.44. The van der Waals surface area contributed by atoms with E-state index in [0.29, 0.717) is 31.7 Å². The molecule has 7 heteroatoms. The molecule has 0 bridgehead atoms. The number of benzene rings is 1. The van der Waals surface area contributed by atoms with Crippen molar-refractivity contribution in [1.82, 2.24) is 20.0 Å². The van der Waals surface area contributed by atoms with E-state index in [9.17, 15) is 14.4 Å². The number of urea groups is 1. The summed E-state index contributed by atoms with van der Waals surface area (Å²) in [5.41, 5.74) is 2.74. The molecular formula is C21H30N4O3. The fourth-order valence-corrected chi connectivity index (χ4v) is 3.68. The van der Waals surface area contributed by atoms with Gasteiger partial charge in [0, 0.05) is 44.8 Å². The van der Waals surface area contributed by atoms with Crippen LogP contribution in [0.1, 0.15) is 40.7 Å². The lowest BCUT2D eigenvalue weighted by Crippen LogP contribution is -2.55. The summed E-state index contributed by atoms with van der Waals surface area (Å²) in [5.74, 6) is -0.349. The minimum atomic E-state index is -0.240. The van der Waals surface area contributed by atoms with Gasteiger partial charge in [0.25, 0.3) is 5.91 Å². The smallest absolute Gasteiger partial charge is 0.320 e. The van der Waals surface area contributed by atoms with Crippen molar-refractivity contribution < 1.29 is 14.4 Å². The average molecular weight is 386 g/mol. The lowest BCUT2D eigenvalue weighted by Gasteiger charge is -2.38. The van der Waals surface area contributed by atoms with Crippen molar-refractivity contribution in [2.24, 2.45) is 0 Å². The third-order valence-corrected chi connectivity index (χ3v) is 5.70. The molecule has 1 aromatic carbocycles. The summed E-state index contributed by atoms with van der Waals surface area (Å²) >= 11 is 0. The summed E-state index contributed by atoms with van der Waals surface area (Å²) in [4.78, 5) is 42.7. The van der Waals surface area contributed by atoms with Crippen LogP contribution in [0.5, 0.6) is 0 Å². The van der Waals surface area contributed by atoms with Crippen LogP contribution in [0.2, 0.25) is 0 Å². The monoisotopic (exact) mass is 386 g/mol. The number of amides is 4. The molecule has 7 nitrogen and oxygen atoms in total. The quantitative estimate of drug-likeness (QED) is 0.861. The molecule has 0 aliphatic carbocycles. The van der Waals surface area contributed by atoms with Crippen LogP contribution in [0, 0.1) is 13.8 Å². The number of carbonyl (C=O) groups excluding carboxylic acids is 3. The Bertz CT molecular complexity index is 735. The second-order valence-corrected chi connectivity index (χ2v) is 7.68. The number of aryl methyl sites for hydroxylation is 2. The molecule has 28 heavy (non-hydrogen) atoms. The van der Waals surface area contributed by atoms with Crippen molar-refractivity contribution in [1.29, 1.82) is 0 Å². The van der Waals surface area contributed by atoms with Gasteiger partial charge in [0.15, 0.2) is 0 Å². The topological polar surface area (TPSA) is 73.0 Å². The molecular weight excluding hydrogens is 356 g/mol. The Labute approximate surface area is 166 Å². The molecule has 0 saturated carbocycles. The van der Waals surface area contributed by atoms with E-state index in [0.717, 1.165) is 37.1 Å². The van der Waals surface area contributed by atoms with Crippen molar-refractivity contribution in [2.75, 3.05) is 45.8 Å². The van der Waals surface area contributed by atoms with Crippen LogP contribution in [0.3, 0.4) is 0 Å². The molecule has 0 spiro atoms. The van der Waals surface area contributed by atoms with Crippen LogP contribution in [-0.2, 0) is 4.79 Å². The van der Waals surface area contributed by atoms with Crippen molar-refractivity contribution in [3.8, 4) is 0 Å². The Morgan fingerprint density at radius 2 is 1.43 bits per heavy atom. The van der Waals surface area contributed by atoms with Crippen molar-refractivity contribution >= 4 is 17.8 Å². The van der Waals surface area contributed by atoms with E-state index < -0.39 is 0 Å². The predicted octanol–water partition coefficient (Wildman–Crippen LogP) is 1.78. The molecule has 0 aromatic heterocycles. The first-order chi connectivity index (χ1) is 13.5. The van der Waals surface area contributed by atoms with Crippen LogP contribution < -0.4 is 5.32 Å². The van der Waals surface area contributed by atoms with E-state index in [1.54, 1.807) is 11.0 Å². The lowest BCUT2D eigenvalue weighted by atomic mass is 10.1. The van der Waals surface area contributed by atoms with Gasteiger partial charge in [0.1, 0.15) is 0 Å². The standard InChI is InChI=1S/C21H30N4O3/c1-16-6-7-18(14-17(16)2)20(27)22-15-19(26)23-10-12-25(13-11-23)21(28)24-8-4-3-5-9-24/h6-7,14H,3-5,8-13,15H2,1-2H3,(H,22,27). The van der Waals surface area contributed by atoms with Crippen LogP contribution >= 0.6 is 0 Å². The van der Waals surface area contributed by atoms with E-state index in [1.807, 2.05) is 35.8 Å². The summed E-state index contributed by atoms with van der Waals surface area (Å²) in [6, 6.07) is 5.60. The van der Waals surface area contributed by atoms with Gasteiger partial charge < -0.3 is 20.0 Å². The molecule has 2 aliphatic heterocycles. The highest BCUT2D eigenvalue weighted by atomic mass is 16.2. The lowest BCUT2D eigenvalue weighted by molar-refractivity contribution is -0.131. The van der Waals surface area contributed by atoms with E-state index in [1.165, 1.54) is 6.42 Å². The molecule has 2 saturated heterocycles. The Morgan fingerprint density at radius 1 is 0.821 bits per heavy atom. The Hall–Kier alpha value is -2.57. The van der Waals surface area contributed by atoms with E-state index in [-0.39, 0.29) is 24.4 Å². The number of rotatable bonds is 3. The molecule has 4 amide bonds. The highest BCUT2D eigenvalue weighted by molar-refractivity contribution is 5.96. The number of hydrogen-bond donors (Lipinski definition) is 1. The molecule has 152 valence electrons. The molecule has 0 atom stereocenters. The Morgan fingerprint density at radius 3 is 2.07 bits per heavy atom. The number of piperazine rings is 1. The number of nitrogens with one attached hydrogen (secondary N) is 1. The summed E-state index contributed by atoms with van der Waals surface area (Å²) in [6.07, 6.45) is 3.34. The maximum absolute atomic E-state index is 12.5. The van der Waals surface area contributed by atoms with Gasteiger partial charge in [0.05, 0.1) is 6.54 Å². The number of likely N-dealkylation sites (tertiary alicyclic amines) is 1. The fourth-order valence-electron chi connectivity index (χ4n) is 3.68. The fraction of sp³-hybridized carbons (Fsp3) is 0.571. The normalized spacial score (nSPS) is 17.4. The number of nitrogens with zero attached hydrogens (tertiary/aromatic N) is 3. The van der Waals surface area contributed by atoms with Gasteiger partial charge in [0.2, 0.25) is 5.91 Å². The van der Waals surface area contributed by atoms with E-state index in [2.05, 4.69) is 5.32 Å². The molecule has 2 heterocycles. The highest BCUT2D eigenvalue weighted by Crippen LogP contribution is 2.13. The molecule has 2 aliphatic rings. The molecule has 1 aromatic rings. The number of carbonyl (C=O) groups is 3. The first-order valence-electron chi connectivity index (χ1n) is 10.1. The summed E-state index contributed by atoms with van der Waals surface area (Å²) in [7, 11) is 0. The summed E-state index contributed by atoms with van der Waals surface area (Å²) < 4.78 is 0. The van der Waals surface area contributed by atoms with Crippen LogP contribution in [0.4, 0.5) is 4.79 Å². The van der Waals surface area contributed by atoms with Crippen molar-refractivity contribution in [3.63, 3.8) is 0 Å². The molecule has 1 N–H and O–H groups in total. The van der Waals surface area contributed by atoms with Gasteiger partial charge in [-0.25, -0.2) is 4.79 Å². The highest BCUT2D eigenvalue weighted by Gasteiger charge is 2.27. The zero-order valence-electron chi connectivity index (χ0n) is 16.9. The van der Waals surface area contributed by atoms with Crippen LogP contribution in [0.15, 0.2) is 18.2 Å². The van der Waals surface area contributed by atoms with Gasteiger partial charge in [-0.2, -0.15) is 0 Å². The number of piperidine rings is 1. The molecule has 0 radical (unpaired) electrons. The summed E-state index contributed by atoms with van der Waals surface area (Å²) in [6.45, 7) is 7.73. The summed E-state index contributed by atoms with van der Waals surface area (Å²) in [5, 5.41) is 2.71. The van der Waals surface area contributed by atoms with E-state index in [4.69, 9.17) is 0 Å². The largest absolute Gasteiger partial charge is 0.343 e. The molecule has 3 rings (SSSR count). The minimum Gasteiger partial charge on any atom is -0.343 e. The van der Waals surface area contributed by atoms with Gasteiger partial charge in [-0.15, -0.1) is 0 Å². The second-order valence-electron chi connectivity index (χ2n) is 7.68. The molecule has 0 unspecified atom stereocenters. The first kappa shape index (κ1) is 20.2. The van der Waals surface area contributed by atoms with E-state index >= 15 is 0 Å². The third kappa shape index (κ3) is 4.82. The Kier molecular flexibility index (Phi) is 6.54. The SMILES string of the molecule is Cc1ccc(C(=O)NCC(=O)N2CCN(C(=O)N3CCCCC3)CC2)cc1C. The van der Waals surface area contributed by atoms with Gasteiger partial charge in [-0.05, 0) is 56.4 Å². The average Bonchev–Trinajstić information content (AvgIpc) is 2.74. The van der Waals surface area contributed by atoms with Gasteiger partial charge >= 0.3 is 6.03 Å². The second kappa shape index (κ2) is 9.08. The van der Waals surface area contributed by atoms with Gasteiger partial charge in [-0.1, -0.05) is 6.07 Å². The zero-order valence-corrected chi connectivity index (χ0v) is 16.9. The van der Waals surface area contributed by atoms with Crippen molar-refractivity contribution in [2.45, 2.75) is 33.1 Å². The van der Waals surface area contributed by atoms with Crippen molar-refractivity contribution in [3.05, 3.63) is 34.9 Å². The number of hydrogen-bond acceptors (Lipinski definition) is 3. The van der Waals surface area contributed by atoms with Crippen LogP contribution in [0.25, 0.3) is 0 Å². The van der Waals surface area contributed by atoms with Crippen LogP contribution in [-0.4, -0.2) is 78.4 Å². The predicted molar refractivity (Wildman–Crippen MR) is 107 cm³/mol. The maximum Gasteiger partial charge on any atom is 0.320 e. The molecule has 2 fully saturated rings. The zero-order chi connectivity index (χ0) is 20.1. The first-order valence-corrected chi connectivity index (χ1v) is 10.1. The third-order valence-electron chi connectivity index (χ3n) is 5.70.